The number of rotatable bonds is 4. The van der Waals surface area contributed by atoms with Gasteiger partial charge in [-0.25, -0.2) is 13.1 Å². The summed E-state index contributed by atoms with van der Waals surface area (Å²) in [6.07, 6.45) is 3.09. The molecule has 0 heterocycles. The Balaban J connectivity index is 2.34. The second-order valence-electron chi connectivity index (χ2n) is 5.72. The molecule has 6 heteroatoms. The van der Waals surface area contributed by atoms with Crippen LogP contribution in [0.3, 0.4) is 0 Å². The Morgan fingerprint density at radius 1 is 1.20 bits per heavy atom. The lowest BCUT2D eigenvalue weighted by atomic mass is 10.1. The van der Waals surface area contributed by atoms with Crippen molar-refractivity contribution in [1.82, 2.24) is 4.72 Å². The van der Waals surface area contributed by atoms with Gasteiger partial charge in [-0.3, -0.25) is 5.84 Å². The van der Waals surface area contributed by atoms with E-state index in [4.69, 9.17) is 5.84 Å². The summed E-state index contributed by atoms with van der Waals surface area (Å²) in [4.78, 5) is 0.371. The number of sulfonamides is 1. The molecule has 2 rings (SSSR count). The molecule has 1 saturated carbocycles. The quantitative estimate of drug-likeness (QED) is 0.586. The second kappa shape index (κ2) is 5.71. The monoisotopic (exact) mass is 297 g/mol. The van der Waals surface area contributed by atoms with Gasteiger partial charge in [-0.15, -0.1) is 0 Å². The topological polar surface area (TPSA) is 84.2 Å². The number of nitrogens with two attached hydrogens (primary N) is 1. The number of hydrogen-bond acceptors (Lipinski definition) is 4. The summed E-state index contributed by atoms with van der Waals surface area (Å²) in [5, 5.41) is 0. The number of hydrazine groups is 1. The number of aryl methyl sites for hydroxylation is 2. The first-order valence-electron chi connectivity index (χ1n) is 6.95. The molecule has 0 amide bonds. The molecule has 0 aromatic heterocycles. The molecule has 1 aliphatic carbocycles. The Labute approximate surface area is 121 Å². The van der Waals surface area contributed by atoms with E-state index >= 15 is 0 Å². The molecule has 0 saturated heterocycles. The largest absolute Gasteiger partial charge is 0.324 e. The molecule has 0 radical (unpaired) electrons. The van der Waals surface area contributed by atoms with Crippen molar-refractivity contribution < 1.29 is 8.42 Å². The van der Waals surface area contributed by atoms with Gasteiger partial charge < -0.3 is 5.43 Å². The molecule has 4 N–H and O–H groups in total. The standard InChI is InChI=1S/C14H23N3O2S/c1-9-5-4-6-13(9)17-20(18,19)14-10(2)7-12(16-15)8-11(14)3/h7-9,13,16-17H,4-6,15H2,1-3H3. The fourth-order valence-electron chi connectivity index (χ4n) is 3.04. The summed E-state index contributed by atoms with van der Waals surface area (Å²) < 4.78 is 28.1. The number of benzene rings is 1. The van der Waals surface area contributed by atoms with Crippen LogP contribution in [0, 0.1) is 19.8 Å². The Morgan fingerprint density at radius 3 is 2.25 bits per heavy atom. The first-order chi connectivity index (χ1) is 9.35. The Hall–Kier alpha value is -1.11. The van der Waals surface area contributed by atoms with Crippen LogP contribution in [0.15, 0.2) is 17.0 Å². The SMILES string of the molecule is Cc1cc(NN)cc(C)c1S(=O)(=O)NC1CCCC1C. The van der Waals surface area contributed by atoms with Gasteiger partial charge in [0.05, 0.1) is 4.90 Å². The molecule has 5 nitrogen and oxygen atoms in total. The smallest absolute Gasteiger partial charge is 0.241 e. The third kappa shape index (κ3) is 2.97. The first kappa shape index (κ1) is 15.3. The van der Waals surface area contributed by atoms with Crippen LogP contribution in [0.25, 0.3) is 0 Å². The van der Waals surface area contributed by atoms with E-state index in [1.54, 1.807) is 26.0 Å². The van der Waals surface area contributed by atoms with Crippen LogP contribution in [0.4, 0.5) is 5.69 Å². The highest BCUT2D eigenvalue weighted by Gasteiger charge is 2.29. The van der Waals surface area contributed by atoms with Crippen LogP contribution in [0.5, 0.6) is 0 Å². The van der Waals surface area contributed by atoms with Crippen molar-refractivity contribution in [2.75, 3.05) is 5.43 Å². The average molecular weight is 297 g/mol. The summed E-state index contributed by atoms with van der Waals surface area (Å²) in [5.41, 5.74) is 4.68. The molecule has 1 aliphatic rings. The summed E-state index contributed by atoms with van der Waals surface area (Å²) in [5.74, 6) is 5.78. The van der Waals surface area contributed by atoms with Crippen molar-refractivity contribution in [3.05, 3.63) is 23.3 Å². The zero-order valence-electron chi connectivity index (χ0n) is 12.2. The van der Waals surface area contributed by atoms with Crippen molar-refractivity contribution in [2.24, 2.45) is 11.8 Å². The van der Waals surface area contributed by atoms with Crippen LogP contribution < -0.4 is 16.0 Å². The predicted octanol–water partition coefficient (Wildman–Crippen LogP) is 2.06. The highest BCUT2D eigenvalue weighted by Crippen LogP contribution is 2.29. The van der Waals surface area contributed by atoms with Crippen molar-refractivity contribution in [3.63, 3.8) is 0 Å². The van der Waals surface area contributed by atoms with Crippen molar-refractivity contribution in [3.8, 4) is 0 Å². The van der Waals surface area contributed by atoms with Gasteiger partial charge in [-0.05, 0) is 55.9 Å². The number of nitrogen functional groups attached to an aromatic ring is 1. The molecule has 0 bridgehead atoms. The fraction of sp³-hybridized carbons (Fsp3) is 0.571. The van der Waals surface area contributed by atoms with E-state index in [0.717, 1.165) is 19.3 Å². The number of hydrogen-bond donors (Lipinski definition) is 3. The zero-order valence-corrected chi connectivity index (χ0v) is 13.0. The van der Waals surface area contributed by atoms with Crippen LogP contribution in [-0.4, -0.2) is 14.5 Å². The van der Waals surface area contributed by atoms with Gasteiger partial charge in [-0.1, -0.05) is 13.3 Å². The minimum absolute atomic E-state index is 0.0473. The lowest BCUT2D eigenvalue weighted by molar-refractivity contribution is 0.476. The van der Waals surface area contributed by atoms with Crippen LogP contribution in [-0.2, 0) is 10.0 Å². The van der Waals surface area contributed by atoms with E-state index in [9.17, 15) is 8.42 Å². The number of anilines is 1. The maximum absolute atomic E-state index is 12.6. The van der Waals surface area contributed by atoms with E-state index in [0.29, 0.717) is 27.6 Å². The minimum Gasteiger partial charge on any atom is -0.324 e. The van der Waals surface area contributed by atoms with E-state index < -0.39 is 10.0 Å². The van der Waals surface area contributed by atoms with Gasteiger partial charge in [-0.2, -0.15) is 0 Å². The third-order valence-corrected chi connectivity index (χ3v) is 5.86. The summed E-state index contributed by atoms with van der Waals surface area (Å²) in [6.45, 7) is 5.68. The van der Waals surface area contributed by atoms with Gasteiger partial charge in [0.15, 0.2) is 0 Å². The van der Waals surface area contributed by atoms with E-state index in [1.807, 2.05) is 0 Å². The van der Waals surface area contributed by atoms with Crippen molar-refractivity contribution in [1.29, 1.82) is 0 Å². The molecule has 1 aromatic carbocycles. The van der Waals surface area contributed by atoms with Crippen LogP contribution in [0.1, 0.15) is 37.3 Å². The molecular weight excluding hydrogens is 274 g/mol. The molecule has 20 heavy (non-hydrogen) atoms. The maximum Gasteiger partial charge on any atom is 0.241 e. The summed E-state index contributed by atoms with van der Waals surface area (Å²) >= 11 is 0. The van der Waals surface area contributed by atoms with Crippen LogP contribution >= 0.6 is 0 Å². The third-order valence-electron chi connectivity index (χ3n) is 4.06. The normalized spacial score (nSPS) is 23.0. The van der Waals surface area contributed by atoms with Gasteiger partial charge in [0.25, 0.3) is 0 Å². The molecule has 112 valence electrons. The lowest BCUT2D eigenvalue weighted by Gasteiger charge is -2.20. The summed E-state index contributed by atoms with van der Waals surface area (Å²) in [7, 11) is -3.48. The first-order valence-corrected chi connectivity index (χ1v) is 8.43. The molecule has 2 atom stereocenters. The predicted molar refractivity (Wildman–Crippen MR) is 80.9 cm³/mol. The van der Waals surface area contributed by atoms with E-state index in [2.05, 4.69) is 17.1 Å². The molecular formula is C14H23N3O2S. The molecule has 1 fully saturated rings. The average Bonchev–Trinajstić information content (AvgIpc) is 2.72. The van der Waals surface area contributed by atoms with Crippen molar-refractivity contribution >= 4 is 15.7 Å². The Morgan fingerprint density at radius 2 is 1.80 bits per heavy atom. The minimum atomic E-state index is -3.48. The Bertz CT molecular complexity index is 575. The van der Waals surface area contributed by atoms with Gasteiger partial charge in [0.1, 0.15) is 0 Å². The van der Waals surface area contributed by atoms with Gasteiger partial charge in [0.2, 0.25) is 10.0 Å². The summed E-state index contributed by atoms with van der Waals surface area (Å²) in [6, 6.07) is 3.55. The highest BCUT2D eigenvalue weighted by atomic mass is 32.2. The van der Waals surface area contributed by atoms with Crippen molar-refractivity contribution in [2.45, 2.75) is 51.0 Å². The van der Waals surface area contributed by atoms with E-state index in [1.165, 1.54) is 0 Å². The number of nitrogens with one attached hydrogen (secondary N) is 2. The molecule has 2 unspecified atom stereocenters. The van der Waals surface area contributed by atoms with E-state index in [-0.39, 0.29) is 6.04 Å². The fourth-order valence-corrected chi connectivity index (χ4v) is 4.87. The maximum atomic E-state index is 12.6. The molecule has 0 aliphatic heterocycles. The van der Waals surface area contributed by atoms with Gasteiger partial charge in [0, 0.05) is 11.7 Å². The second-order valence-corrected chi connectivity index (χ2v) is 7.37. The van der Waals surface area contributed by atoms with Crippen LogP contribution in [0.2, 0.25) is 0 Å². The lowest BCUT2D eigenvalue weighted by Crippen LogP contribution is -2.37. The van der Waals surface area contributed by atoms with Gasteiger partial charge >= 0.3 is 0 Å². The zero-order chi connectivity index (χ0) is 14.9. The highest BCUT2D eigenvalue weighted by molar-refractivity contribution is 7.89. The molecule has 0 spiro atoms. The Kier molecular flexibility index (Phi) is 4.36. The molecule has 1 aromatic rings.